The van der Waals surface area contributed by atoms with Crippen molar-refractivity contribution in [2.24, 2.45) is 0 Å². The zero-order valence-electron chi connectivity index (χ0n) is 4.45. The summed E-state index contributed by atoms with van der Waals surface area (Å²) in [5.74, 6) is 0. The number of nitrogens with zero attached hydrogens (tertiary/aromatic N) is 1. The van der Waals surface area contributed by atoms with Gasteiger partial charge in [-0.25, -0.2) is 0 Å². The molecule has 1 aromatic rings. The maximum atomic E-state index is 10.4. The fraction of sp³-hybridized carbons (Fsp3) is 0. The van der Waals surface area contributed by atoms with Gasteiger partial charge < -0.3 is 5.21 Å². The Morgan fingerprint density at radius 3 is 2.44 bits per heavy atom. The standard InChI is InChI=1S/C5H4ClNOS/c6-9-5-1-3-7(8)4-2-5/h1-4H. The molecule has 0 saturated carbocycles. The SMILES string of the molecule is [O-][n+]1ccc(SCl)cc1. The van der Waals surface area contributed by atoms with E-state index in [1.807, 2.05) is 0 Å². The van der Waals surface area contributed by atoms with E-state index >= 15 is 0 Å². The molecule has 0 saturated heterocycles. The van der Waals surface area contributed by atoms with Gasteiger partial charge in [0, 0.05) is 17.0 Å². The number of halogens is 1. The van der Waals surface area contributed by atoms with Crippen molar-refractivity contribution in [3.63, 3.8) is 0 Å². The predicted octanol–water partition coefficient (Wildman–Crippen LogP) is 1.57. The summed E-state index contributed by atoms with van der Waals surface area (Å²) in [4.78, 5) is 0.878. The van der Waals surface area contributed by atoms with Crippen LogP contribution in [0.2, 0.25) is 0 Å². The van der Waals surface area contributed by atoms with Crippen molar-refractivity contribution in [3.05, 3.63) is 29.7 Å². The first kappa shape index (κ1) is 6.71. The molecule has 0 fully saturated rings. The number of rotatable bonds is 1. The molecular formula is C5H4ClNOS. The smallest absolute Gasteiger partial charge is 0.181 e. The van der Waals surface area contributed by atoms with Crippen LogP contribution in [-0.4, -0.2) is 0 Å². The number of hydrogen-bond acceptors (Lipinski definition) is 2. The van der Waals surface area contributed by atoms with Crippen LogP contribution < -0.4 is 4.73 Å². The van der Waals surface area contributed by atoms with Gasteiger partial charge in [0.1, 0.15) is 0 Å². The van der Waals surface area contributed by atoms with Gasteiger partial charge in [-0.05, 0) is 21.7 Å². The van der Waals surface area contributed by atoms with Crippen molar-refractivity contribution >= 4 is 21.7 Å². The summed E-state index contributed by atoms with van der Waals surface area (Å²) in [6.45, 7) is 0. The van der Waals surface area contributed by atoms with Crippen molar-refractivity contribution in [1.82, 2.24) is 0 Å². The summed E-state index contributed by atoms with van der Waals surface area (Å²) < 4.78 is 0.719. The molecule has 0 N–H and O–H groups in total. The molecule has 0 atom stereocenters. The highest BCUT2D eigenvalue weighted by atomic mass is 35.7. The van der Waals surface area contributed by atoms with E-state index in [4.69, 9.17) is 10.7 Å². The average molecular weight is 162 g/mol. The Labute approximate surface area is 61.5 Å². The van der Waals surface area contributed by atoms with Crippen LogP contribution in [0.5, 0.6) is 0 Å². The van der Waals surface area contributed by atoms with Crippen molar-refractivity contribution in [2.45, 2.75) is 4.90 Å². The largest absolute Gasteiger partial charge is 0.619 e. The zero-order valence-corrected chi connectivity index (χ0v) is 6.02. The molecule has 0 aliphatic carbocycles. The van der Waals surface area contributed by atoms with Crippen LogP contribution in [-0.2, 0) is 0 Å². The lowest BCUT2D eigenvalue weighted by atomic mass is 10.5. The lowest BCUT2D eigenvalue weighted by Gasteiger charge is -1.93. The molecule has 1 aromatic heterocycles. The first-order valence-corrected chi connectivity index (χ1v) is 3.94. The minimum atomic E-state index is 0.719. The Kier molecular flexibility index (Phi) is 2.19. The minimum Gasteiger partial charge on any atom is -0.619 e. The van der Waals surface area contributed by atoms with Crippen LogP contribution in [0.25, 0.3) is 0 Å². The number of pyridine rings is 1. The van der Waals surface area contributed by atoms with Gasteiger partial charge >= 0.3 is 0 Å². The highest BCUT2D eigenvalue weighted by molar-refractivity contribution is 8.21. The average Bonchev–Trinajstić information content (AvgIpc) is 1.90. The molecule has 1 heterocycles. The van der Waals surface area contributed by atoms with E-state index in [2.05, 4.69) is 0 Å². The predicted molar refractivity (Wildman–Crippen MR) is 37.1 cm³/mol. The van der Waals surface area contributed by atoms with Gasteiger partial charge in [0.25, 0.3) is 0 Å². The summed E-state index contributed by atoms with van der Waals surface area (Å²) in [5, 5.41) is 10.4. The fourth-order valence-electron chi connectivity index (χ4n) is 0.451. The second kappa shape index (κ2) is 2.94. The molecule has 4 heteroatoms. The third-order valence-corrected chi connectivity index (χ3v) is 1.85. The lowest BCUT2D eigenvalue weighted by molar-refractivity contribution is -0.605. The van der Waals surface area contributed by atoms with Crippen LogP contribution in [0.1, 0.15) is 0 Å². The third-order valence-electron chi connectivity index (χ3n) is 0.861. The third kappa shape index (κ3) is 1.77. The van der Waals surface area contributed by atoms with Gasteiger partial charge in [-0.15, -0.1) is 0 Å². The maximum absolute atomic E-state index is 10.4. The van der Waals surface area contributed by atoms with E-state index in [1.54, 1.807) is 12.1 Å². The van der Waals surface area contributed by atoms with Crippen molar-refractivity contribution < 1.29 is 4.73 Å². The second-order valence-electron chi connectivity index (χ2n) is 1.47. The molecular weight excluding hydrogens is 158 g/mol. The maximum Gasteiger partial charge on any atom is 0.181 e. The van der Waals surface area contributed by atoms with E-state index in [0.717, 1.165) is 20.6 Å². The molecule has 0 amide bonds. The molecule has 2 nitrogen and oxygen atoms in total. The van der Waals surface area contributed by atoms with E-state index in [9.17, 15) is 5.21 Å². The van der Waals surface area contributed by atoms with Crippen molar-refractivity contribution in [3.8, 4) is 0 Å². The molecule has 0 unspecified atom stereocenters. The molecule has 1 rings (SSSR count). The molecule has 0 aromatic carbocycles. The van der Waals surface area contributed by atoms with Crippen LogP contribution in [0.4, 0.5) is 0 Å². The number of aromatic nitrogens is 1. The Morgan fingerprint density at radius 2 is 2.00 bits per heavy atom. The minimum absolute atomic E-state index is 0.719. The Balaban J connectivity index is 2.88. The lowest BCUT2D eigenvalue weighted by Crippen LogP contribution is -2.23. The van der Waals surface area contributed by atoms with Gasteiger partial charge in [0.15, 0.2) is 12.4 Å². The van der Waals surface area contributed by atoms with Gasteiger partial charge in [0.2, 0.25) is 0 Å². The second-order valence-corrected chi connectivity index (χ2v) is 2.56. The summed E-state index contributed by atoms with van der Waals surface area (Å²) in [7, 11) is 6.48. The van der Waals surface area contributed by atoms with Gasteiger partial charge in [-0.1, -0.05) is 0 Å². The number of hydrogen-bond donors (Lipinski definition) is 0. The molecule has 0 spiro atoms. The summed E-state index contributed by atoms with van der Waals surface area (Å²) in [5.41, 5.74) is 0. The summed E-state index contributed by atoms with van der Waals surface area (Å²) in [6.07, 6.45) is 2.81. The van der Waals surface area contributed by atoms with E-state index in [1.165, 1.54) is 12.4 Å². The topological polar surface area (TPSA) is 26.9 Å². The van der Waals surface area contributed by atoms with Gasteiger partial charge in [-0.3, -0.25) is 0 Å². The summed E-state index contributed by atoms with van der Waals surface area (Å²) >= 11 is 0. The van der Waals surface area contributed by atoms with Gasteiger partial charge in [-0.2, -0.15) is 4.73 Å². The first-order valence-electron chi connectivity index (χ1n) is 2.30. The Bertz CT molecular complexity index is 189. The monoisotopic (exact) mass is 161 g/mol. The Hall–Kier alpha value is -0.410. The Morgan fingerprint density at radius 1 is 1.44 bits per heavy atom. The van der Waals surface area contributed by atoms with Crippen molar-refractivity contribution in [1.29, 1.82) is 0 Å². The van der Waals surface area contributed by atoms with E-state index in [-0.39, 0.29) is 0 Å². The highest BCUT2D eigenvalue weighted by Crippen LogP contribution is 2.19. The molecule has 0 aliphatic rings. The van der Waals surface area contributed by atoms with Crippen LogP contribution in [0.3, 0.4) is 0 Å². The van der Waals surface area contributed by atoms with Gasteiger partial charge in [0.05, 0.1) is 0 Å². The molecule has 48 valence electrons. The fourth-order valence-corrected chi connectivity index (χ4v) is 0.984. The van der Waals surface area contributed by atoms with Crippen LogP contribution in [0, 0.1) is 5.21 Å². The van der Waals surface area contributed by atoms with Crippen LogP contribution in [0.15, 0.2) is 29.4 Å². The molecule has 0 aliphatic heterocycles. The molecule has 0 bridgehead atoms. The highest BCUT2D eigenvalue weighted by Gasteiger charge is 1.90. The van der Waals surface area contributed by atoms with Crippen molar-refractivity contribution in [2.75, 3.05) is 0 Å². The molecule has 0 radical (unpaired) electrons. The zero-order chi connectivity index (χ0) is 6.69. The first-order chi connectivity index (χ1) is 4.33. The summed E-state index contributed by atoms with van der Waals surface area (Å²) in [6, 6.07) is 3.31. The quantitative estimate of drug-likeness (QED) is 0.462. The van der Waals surface area contributed by atoms with E-state index in [0.29, 0.717) is 0 Å². The van der Waals surface area contributed by atoms with Crippen LogP contribution >= 0.6 is 21.7 Å². The van der Waals surface area contributed by atoms with E-state index < -0.39 is 0 Å². The molecule has 9 heavy (non-hydrogen) atoms. The normalized spacial score (nSPS) is 9.44.